The molecule has 1 amide bonds. The van der Waals surface area contributed by atoms with Gasteiger partial charge in [0.1, 0.15) is 6.61 Å². The minimum absolute atomic E-state index is 0.136. The average molecular weight is 201 g/mol. The Morgan fingerprint density at radius 1 is 1.43 bits per heavy atom. The van der Waals surface area contributed by atoms with Crippen LogP contribution >= 0.6 is 0 Å². The zero-order chi connectivity index (χ0) is 11.1. The second-order valence-corrected chi connectivity index (χ2v) is 2.81. The Hall–Kier alpha value is -1.52. The number of amides is 1. The summed E-state index contributed by atoms with van der Waals surface area (Å²) in [5.41, 5.74) is 0.339. The van der Waals surface area contributed by atoms with E-state index in [1.807, 2.05) is 0 Å². The van der Waals surface area contributed by atoms with Crippen LogP contribution < -0.4 is 0 Å². The van der Waals surface area contributed by atoms with E-state index in [9.17, 15) is 9.59 Å². The second-order valence-electron chi connectivity index (χ2n) is 2.81. The molecule has 0 aliphatic carbocycles. The van der Waals surface area contributed by atoms with Crippen LogP contribution in [-0.4, -0.2) is 44.3 Å². The Balaban J connectivity index is 3.69. The lowest BCUT2D eigenvalue weighted by Crippen LogP contribution is -2.30. The highest BCUT2D eigenvalue weighted by atomic mass is 16.5. The minimum Gasteiger partial charge on any atom is -0.460 e. The van der Waals surface area contributed by atoms with Gasteiger partial charge < -0.3 is 14.4 Å². The van der Waals surface area contributed by atoms with Crippen LogP contribution in [-0.2, 0) is 14.3 Å². The summed E-state index contributed by atoms with van der Waals surface area (Å²) in [6, 6.07) is 0. The van der Waals surface area contributed by atoms with E-state index in [0.29, 0.717) is 12.1 Å². The number of carbonyl (C=O) groups excluding carboxylic acids is 2. The smallest absolute Gasteiger partial charge is 0.409 e. The number of methoxy groups -OCH3 is 1. The first-order valence-electron chi connectivity index (χ1n) is 4.10. The molecule has 0 heterocycles. The number of hydrogen-bond donors (Lipinski definition) is 0. The zero-order valence-corrected chi connectivity index (χ0v) is 8.70. The minimum atomic E-state index is -0.462. The van der Waals surface area contributed by atoms with Crippen molar-refractivity contribution in [1.82, 2.24) is 4.90 Å². The Labute approximate surface area is 83.3 Å². The summed E-state index contributed by atoms with van der Waals surface area (Å²) in [6.45, 7) is 5.42. The van der Waals surface area contributed by atoms with Crippen molar-refractivity contribution >= 4 is 12.1 Å². The van der Waals surface area contributed by atoms with Gasteiger partial charge in [-0.05, 0) is 6.92 Å². The summed E-state index contributed by atoms with van der Waals surface area (Å²) in [5, 5.41) is 0. The highest BCUT2D eigenvalue weighted by Gasteiger charge is 2.08. The summed E-state index contributed by atoms with van der Waals surface area (Å²) in [7, 11) is 2.85. The van der Waals surface area contributed by atoms with E-state index in [4.69, 9.17) is 4.74 Å². The largest absolute Gasteiger partial charge is 0.460 e. The van der Waals surface area contributed by atoms with Gasteiger partial charge >= 0.3 is 12.1 Å². The molecule has 0 radical (unpaired) electrons. The molecule has 0 aromatic heterocycles. The molecule has 0 spiro atoms. The van der Waals surface area contributed by atoms with Crippen molar-refractivity contribution in [2.45, 2.75) is 6.92 Å². The van der Waals surface area contributed by atoms with Crippen LogP contribution in [0.1, 0.15) is 6.92 Å². The van der Waals surface area contributed by atoms with Gasteiger partial charge in [-0.2, -0.15) is 0 Å². The van der Waals surface area contributed by atoms with E-state index >= 15 is 0 Å². The number of ether oxygens (including phenoxy) is 2. The first kappa shape index (κ1) is 12.5. The highest BCUT2D eigenvalue weighted by Crippen LogP contribution is 1.93. The number of nitrogens with zero attached hydrogens (tertiary/aromatic N) is 1. The fraction of sp³-hybridized carbons (Fsp3) is 0.556. The van der Waals surface area contributed by atoms with Crippen molar-refractivity contribution in [2.75, 3.05) is 27.3 Å². The second kappa shape index (κ2) is 6.01. The quantitative estimate of drug-likeness (QED) is 0.498. The van der Waals surface area contributed by atoms with Crippen molar-refractivity contribution in [3.8, 4) is 0 Å². The maximum Gasteiger partial charge on any atom is 0.409 e. The van der Waals surface area contributed by atoms with Crippen LogP contribution in [0.25, 0.3) is 0 Å². The standard InChI is InChI=1S/C9H15NO4/c1-7(2)8(11)14-6-5-10(3)9(12)13-4/h1,5-6H2,2-4H3. The molecule has 0 aliphatic heterocycles. The van der Waals surface area contributed by atoms with E-state index in [1.165, 1.54) is 12.0 Å². The van der Waals surface area contributed by atoms with Crippen molar-refractivity contribution < 1.29 is 19.1 Å². The molecule has 0 saturated heterocycles. The van der Waals surface area contributed by atoms with Crippen LogP contribution in [0, 0.1) is 0 Å². The van der Waals surface area contributed by atoms with Gasteiger partial charge in [-0.3, -0.25) is 0 Å². The Morgan fingerprint density at radius 3 is 2.43 bits per heavy atom. The maximum atomic E-state index is 10.9. The molecular weight excluding hydrogens is 186 g/mol. The van der Waals surface area contributed by atoms with Crippen LogP contribution in [0.15, 0.2) is 12.2 Å². The summed E-state index contributed by atoms with van der Waals surface area (Å²) < 4.78 is 9.23. The third-order valence-electron chi connectivity index (χ3n) is 1.49. The number of rotatable bonds is 4. The van der Waals surface area contributed by atoms with Crippen LogP contribution in [0.2, 0.25) is 0 Å². The Morgan fingerprint density at radius 2 is 2.00 bits per heavy atom. The molecule has 0 aromatic carbocycles. The van der Waals surface area contributed by atoms with E-state index in [0.717, 1.165) is 0 Å². The number of hydrogen-bond acceptors (Lipinski definition) is 4. The molecule has 14 heavy (non-hydrogen) atoms. The number of carbonyl (C=O) groups is 2. The summed E-state index contributed by atoms with van der Waals surface area (Å²) in [4.78, 5) is 23.1. The fourth-order valence-electron chi connectivity index (χ4n) is 0.646. The van der Waals surface area contributed by atoms with Crippen LogP contribution in [0.3, 0.4) is 0 Å². The summed E-state index contributed by atoms with van der Waals surface area (Å²) >= 11 is 0. The van der Waals surface area contributed by atoms with Crippen LogP contribution in [0.5, 0.6) is 0 Å². The van der Waals surface area contributed by atoms with Gasteiger partial charge in [-0.25, -0.2) is 9.59 Å². The van der Waals surface area contributed by atoms with Crippen molar-refractivity contribution in [3.63, 3.8) is 0 Å². The van der Waals surface area contributed by atoms with Gasteiger partial charge in [0.25, 0.3) is 0 Å². The third kappa shape index (κ3) is 4.49. The van der Waals surface area contributed by atoms with E-state index in [1.54, 1.807) is 14.0 Å². The van der Waals surface area contributed by atoms with E-state index in [2.05, 4.69) is 11.3 Å². The molecule has 5 nitrogen and oxygen atoms in total. The van der Waals surface area contributed by atoms with Gasteiger partial charge in [0.05, 0.1) is 13.7 Å². The molecule has 0 aliphatic rings. The maximum absolute atomic E-state index is 10.9. The first-order valence-corrected chi connectivity index (χ1v) is 4.10. The van der Waals surface area contributed by atoms with Crippen molar-refractivity contribution in [2.24, 2.45) is 0 Å². The van der Waals surface area contributed by atoms with Crippen LogP contribution in [0.4, 0.5) is 4.79 Å². The highest BCUT2D eigenvalue weighted by molar-refractivity contribution is 5.86. The lowest BCUT2D eigenvalue weighted by molar-refractivity contribution is -0.139. The zero-order valence-electron chi connectivity index (χ0n) is 8.70. The molecule has 0 atom stereocenters. The van der Waals surface area contributed by atoms with E-state index < -0.39 is 12.1 Å². The normalized spacial score (nSPS) is 9.07. The lowest BCUT2D eigenvalue weighted by Gasteiger charge is -2.14. The molecule has 0 bridgehead atoms. The van der Waals surface area contributed by atoms with Gasteiger partial charge in [0.2, 0.25) is 0 Å². The molecular formula is C9H15NO4. The Kier molecular flexibility index (Phi) is 5.36. The summed E-state index contributed by atoms with van der Waals surface area (Å²) in [5.74, 6) is -0.455. The van der Waals surface area contributed by atoms with Crippen molar-refractivity contribution in [1.29, 1.82) is 0 Å². The molecule has 0 rings (SSSR count). The molecule has 0 N–H and O–H groups in total. The molecule has 0 fully saturated rings. The fourth-order valence-corrected chi connectivity index (χ4v) is 0.646. The summed E-state index contributed by atoms with van der Waals surface area (Å²) in [6.07, 6.45) is -0.462. The number of likely N-dealkylation sites (N-methyl/N-ethyl adjacent to an activating group) is 1. The molecule has 0 unspecified atom stereocenters. The first-order chi connectivity index (χ1) is 6.49. The van der Waals surface area contributed by atoms with Gasteiger partial charge in [-0.1, -0.05) is 6.58 Å². The van der Waals surface area contributed by atoms with Gasteiger partial charge in [0.15, 0.2) is 0 Å². The SMILES string of the molecule is C=C(C)C(=O)OCCN(C)C(=O)OC. The predicted molar refractivity (Wildman–Crippen MR) is 50.8 cm³/mol. The van der Waals surface area contributed by atoms with E-state index in [-0.39, 0.29) is 6.61 Å². The molecule has 5 heteroatoms. The topological polar surface area (TPSA) is 55.8 Å². The number of esters is 1. The van der Waals surface area contributed by atoms with Gasteiger partial charge in [0, 0.05) is 12.6 Å². The third-order valence-corrected chi connectivity index (χ3v) is 1.49. The molecule has 80 valence electrons. The monoisotopic (exact) mass is 201 g/mol. The molecule has 0 saturated carbocycles. The molecule has 0 aromatic rings. The lowest BCUT2D eigenvalue weighted by atomic mass is 10.4. The van der Waals surface area contributed by atoms with Gasteiger partial charge in [-0.15, -0.1) is 0 Å². The predicted octanol–water partition coefficient (Wildman–Crippen LogP) is 0.804. The average Bonchev–Trinajstić information content (AvgIpc) is 2.15. The Bertz CT molecular complexity index is 237. The van der Waals surface area contributed by atoms with Crippen molar-refractivity contribution in [3.05, 3.63) is 12.2 Å².